The number of aryl methyl sites for hydroxylation is 1. The largest absolute Gasteiger partial charge is 0.464 e. The van der Waals surface area contributed by atoms with Gasteiger partial charge in [0.15, 0.2) is 0 Å². The summed E-state index contributed by atoms with van der Waals surface area (Å²) >= 11 is 0. The van der Waals surface area contributed by atoms with Gasteiger partial charge in [0.25, 0.3) is 0 Å². The van der Waals surface area contributed by atoms with E-state index in [2.05, 4.69) is 0 Å². The summed E-state index contributed by atoms with van der Waals surface area (Å²) < 4.78 is 5.40. The third kappa shape index (κ3) is 1.74. The Kier molecular flexibility index (Phi) is 2.08. The van der Waals surface area contributed by atoms with Crippen LogP contribution in [0.1, 0.15) is 24.4 Å². The first-order chi connectivity index (χ1) is 6.25. The summed E-state index contributed by atoms with van der Waals surface area (Å²) in [7, 11) is 0. The van der Waals surface area contributed by atoms with Crippen LogP contribution in [0.5, 0.6) is 0 Å². The molecule has 3 heteroatoms. The number of nitrogens with zero attached hydrogens (tertiary/aromatic N) is 1. The molecule has 1 aromatic heterocycles. The van der Waals surface area contributed by atoms with Crippen LogP contribution in [0, 0.1) is 6.92 Å². The van der Waals surface area contributed by atoms with Crippen LogP contribution in [0.4, 0.5) is 0 Å². The Bertz CT molecular complexity index is 316. The molecule has 0 bridgehead atoms. The van der Waals surface area contributed by atoms with E-state index in [4.69, 9.17) is 4.42 Å². The monoisotopic (exact) mass is 179 g/mol. The van der Waals surface area contributed by atoms with Crippen LogP contribution in [0.25, 0.3) is 0 Å². The van der Waals surface area contributed by atoms with Gasteiger partial charge in [-0.05, 0) is 25.5 Å². The summed E-state index contributed by atoms with van der Waals surface area (Å²) in [4.78, 5) is 13.1. The molecular formula is C10H13NO2. The molecule has 1 saturated heterocycles. The van der Waals surface area contributed by atoms with Gasteiger partial charge >= 0.3 is 0 Å². The van der Waals surface area contributed by atoms with Crippen LogP contribution in [-0.2, 0) is 11.3 Å². The standard InChI is InChI=1S/C10H13NO2/c1-8-4-5-9(13-8)7-11-6-2-3-10(11)12/h4-5H,2-3,6-7H2,1H3. The molecule has 0 saturated carbocycles. The molecule has 0 unspecified atom stereocenters. The molecule has 1 aromatic rings. The van der Waals surface area contributed by atoms with Crippen LogP contribution in [-0.4, -0.2) is 17.4 Å². The lowest BCUT2D eigenvalue weighted by molar-refractivity contribution is -0.128. The van der Waals surface area contributed by atoms with Gasteiger partial charge in [0.05, 0.1) is 6.54 Å². The van der Waals surface area contributed by atoms with Gasteiger partial charge < -0.3 is 9.32 Å². The molecule has 3 nitrogen and oxygen atoms in total. The number of carbonyl (C=O) groups excluding carboxylic acids is 1. The minimum atomic E-state index is 0.244. The quantitative estimate of drug-likeness (QED) is 0.692. The summed E-state index contributed by atoms with van der Waals surface area (Å²) in [5.41, 5.74) is 0. The maximum absolute atomic E-state index is 11.3. The van der Waals surface area contributed by atoms with Crippen molar-refractivity contribution in [1.82, 2.24) is 4.90 Å². The molecule has 2 rings (SSSR count). The highest BCUT2D eigenvalue weighted by atomic mass is 16.3. The van der Waals surface area contributed by atoms with Crippen LogP contribution in [0.2, 0.25) is 0 Å². The molecule has 0 aromatic carbocycles. The smallest absolute Gasteiger partial charge is 0.223 e. The molecule has 1 fully saturated rings. The number of rotatable bonds is 2. The molecular weight excluding hydrogens is 166 g/mol. The first-order valence-corrected chi connectivity index (χ1v) is 4.59. The van der Waals surface area contributed by atoms with E-state index in [1.54, 1.807) is 0 Å². The second-order valence-electron chi connectivity index (χ2n) is 3.43. The van der Waals surface area contributed by atoms with Crippen molar-refractivity contribution in [2.45, 2.75) is 26.3 Å². The van der Waals surface area contributed by atoms with Gasteiger partial charge in [-0.3, -0.25) is 4.79 Å². The number of hydrogen-bond donors (Lipinski definition) is 0. The third-order valence-electron chi connectivity index (χ3n) is 2.31. The normalized spacial score (nSPS) is 17.0. The minimum absolute atomic E-state index is 0.244. The molecule has 1 amide bonds. The summed E-state index contributed by atoms with van der Waals surface area (Å²) in [5, 5.41) is 0. The van der Waals surface area contributed by atoms with Crippen molar-refractivity contribution in [2.75, 3.05) is 6.54 Å². The summed E-state index contributed by atoms with van der Waals surface area (Å²) in [5.74, 6) is 2.03. The molecule has 0 spiro atoms. The van der Waals surface area contributed by atoms with Gasteiger partial charge in [-0.25, -0.2) is 0 Å². The Morgan fingerprint density at radius 3 is 2.92 bits per heavy atom. The number of likely N-dealkylation sites (tertiary alicyclic amines) is 1. The fourth-order valence-corrected chi connectivity index (χ4v) is 1.63. The van der Waals surface area contributed by atoms with E-state index in [1.165, 1.54) is 0 Å². The summed E-state index contributed by atoms with van der Waals surface area (Å²) in [6.45, 7) is 3.42. The van der Waals surface area contributed by atoms with Gasteiger partial charge in [-0.1, -0.05) is 0 Å². The van der Waals surface area contributed by atoms with Gasteiger partial charge in [0, 0.05) is 13.0 Å². The van der Waals surface area contributed by atoms with Gasteiger partial charge in [-0.2, -0.15) is 0 Å². The first kappa shape index (κ1) is 8.35. The molecule has 1 aliphatic heterocycles. The second-order valence-corrected chi connectivity index (χ2v) is 3.43. The molecule has 0 aliphatic carbocycles. The SMILES string of the molecule is Cc1ccc(CN2CCCC2=O)o1. The Morgan fingerprint density at radius 1 is 1.54 bits per heavy atom. The maximum atomic E-state index is 11.3. The molecule has 0 radical (unpaired) electrons. The first-order valence-electron chi connectivity index (χ1n) is 4.59. The lowest BCUT2D eigenvalue weighted by Gasteiger charge is -2.12. The molecule has 0 N–H and O–H groups in total. The second kappa shape index (κ2) is 3.24. The van der Waals surface area contributed by atoms with Crippen LogP contribution < -0.4 is 0 Å². The van der Waals surface area contributed by atoms with E-state index >= 15 is 0 Å². The Balaban J connectivity index is 2.01. The number of carbonyl (C=O) groups is 1. The molecule has 70 valence electrons. The van der Waals surface area contributed by atoms with E-state index in [0.29, 0.717) is 13.0 Å². The zero-order valence-electron chi connectivity index (χ0n) is 7.75. The Hall–Kier alpha value is -1.25. The van der Waals surface area contributed by atoms with E-state index in [-0.39, 0.29) is 5.91 Å². The zero-order chi connectivity index (χ0) is 9.26. The van der Waals surface area contributed by atoms with E-state index in [1.807, 2.05) is 24.0 Å². The van der Waals surface area contributed by atoms with Crippen molar-refractivity contribution in [3.05, 3.63) is 23.7 Å². The van der Waals surface area contributed by atoms with Gasteiger partial charge in [0.2, 0.25) is 5.91 Å². The van der Waals surface area contributed by atoms with Crippen molar-refractivity contribution in [3.63, 3.8) is 0 Å². The number of amides is 1. The number of furan rings is 1. The fraction of sp³-hybridized carbons (Fsp3) is 0.500. The molecule has 1 aliphatic rings. The lowest BCUT2D eigenvalue weighted by Crippen LogP contribution is -2.23. The predicted molar refractivity (Wildman–Crippen MR) is 48.1 cm³/mol. The highest BCUT2D eigenvalue weighted by Gasteiger charge is 2.20. The van der Waals surface area contributed by atoms with Crippen LogP contribution in [0.3, 0.4) is 0 Å². The van der Waals surface area contributed by atoms with Crippen molar-refractivity contribution in [2.24, 2.45) is 0 Å². The van der Waals surface area contributed by atoms with E-state index in [0.717, 1.165) is 24.5 Å². The molecule has 13 heavy (non-hydrogen) atoms. The minimum Gasteiger partial charge on any atom is -0.464 e. The van der Waals surface area contributed by atoms with Crippen molar-refractivity contribution >= 4 is 5.91 Å². The summed E-state index contributed by atoms with van der Waals surface area (Å²) in [6.07, 6.45) is 1.68. The van der Waals surface area contributed by atoms with E-state index in [9.17, 15) is 4.79 Å². The van der Waals surface area contributed by atoms with Crippen molar-refractivity contribution in [1.29, 1.82) is 0 Å². The van der Waals surface area contributed by atoms with Crippen LogP contribution >= 0.6 is 0 Å². The van der Waals surface area contributed by atoms with Crippen LogP contribution in [0.15, 0.2) is 16.5 Å². The molecule has 2 heterocycles. The topological polar surface area (TPSA) is 33.5 Å². The Morgan fingerprint density at radius 2 is 2.38 bits per heavy atom. The maximum Gasteiger partial charge on any atom is 0.223 e. The third-order valence-corrected chi connectivity index (χ3v) is 2.31. The average Bonchev–Trinajstić information content (AvgIpc) is 2.64. The lowest BCUT2D eigenvalue weighted by atomic mass is 10.4. The highest BCUT2D eigenvalue weighted by Crippen LogP contribution is 2.15. The average molecular weight is 179 g/mol. The predicted octanol–water partition coefficient (Wildman–Crippen LogP) is 1.71. The zero-order valence-corrected chi connectivity index (χ0v) is 7.75. The van der Waals surface area contributed by atoms with Crippen molar-refractivity contribution < 1.29 is 9.21 Å². The summed E-state index contributed by atoms with van der Waals surface area (Å²) in [6, 6.07) is 3.86. The van der Waals surface area contributed by atoms with Gasteiger partial charge in [0.1, 0.15) is 11.5 Å². The Labute approximate surface area is 77.3 Å². The fourth-order valence-electron chi connectivity index (χ4n) is 1.63. The number of hydrogen-bond acceptors (Lipinski definition) is 2. The molecule has 0 atom stereocenters. The van der Waals surface area contributed by atoms with E-state index < -0.39 is 0 Å². The highest BCUT2D eigenvalue weighted by molar-refractivity contribution is 5.77. The van der Waals surface area contributed by atoms with Gasteiger partial charge in [-0.15, -0.1) is 0 Å². The van der Waals surface area contributed by atoms with Crippen molar-refractivity contribution in [3.8, 4) is 0 Å².